The highest BCUT2D eigenvalue weighted by Crippen LogP contribution is 2.41. The lowest BCUT2D eigenvalue weighted by molar-refractivity contribution is -0.181. The zero-order chi connectivity index (χ0) is 25.4. The van der Waals surface area contributed by atoms with Gasteiger partial charge in [-0.2, -0.15) is 13.2 Å². The molecule has 4 N–H and O–H groups in total. The van der Waals surface area contributed by atoms with Crippen LogP contribution >= 0.6 is 23.6 Å². The van der Waals surface area contributed by atoms with Crippen molar-refractivity contribution in [1.29, 1.82) is 0 Å². The SMILES string of the molecule is CNc1nc(C)c(-c2ccnc(C(C)(C)C(F)(F)F)c2)s1.CO.NC(=S)C1CCCN1C=O. The largest absolute Gasteiger partial charge is 0.400 e. The van der Waals surface area contributed by atoms with E-state index in [0.29, 0.717) is 10.6 Å². The Kier molecular flexibility index (Phi) is 10.7. The number of likely N-dealkylation sites (tertiary alicyclic amines) is 1. The van der Waals surface area contributed by atoms with Crippen LogP contribution in [0.2, 0.25) is 0 Å². The number of nitrogens with two attached hydrogens (primary N) is 1. The number of aryl methyl sites for hydroxylation is 1. The van der Waals surface area contributed by atoms with Gasteiger partial charge in [-0.25, -0.2) is 4.98 Å². The van der Waals surface area contributed by atoms with E-state index in [-0.39, 0.29) is 11.7 Å². The Morgan fingerprint density at radius 2 is 2.03 bits per heavy atom. The maximum atomic E-state index is 13.1. The first-order valence-corrected chi connectivity index (χ1v) is 11.3. The standard InChI is InChI=1S/C14H16F3N3S.C6H10N2OS.CH4O/c1-8-11(21-12(18-4)20-8)9-5-6-19-10(7-9)13(2,3)14(15,16)17;7-6(10)5-2-1-3-8(5)4-9;1-2/h5-7H,1-4H3,(H,18,20);4-5H,1-3H2,(H2,7,10);2H,1H3. The smallest absolute Gasteiger partial charge is 0.399 e. The number of rotatable bonds is 5. The Labute approximate surface area is 201 Å². The number of aromatic nitrogens is 2. The number of alkyl halides is 3. The van der Waals surface area contributed by atoms with Gasteiger partial charge in [0.15, 0.2) is 5.13 Å². The van der Waals surface area contributed by atoms with Crippen molar-refractivity contribution in [3.8, 4) is 10.4 Å². The lowest BCUT2D eigenvalue weighted by Crippen LogP contribution is -2.38. The number of thiocarbonyl (C=S) groups is 1. The van der Waals surface area contributed by atoms with Crippen LogP contribution in [0.5, 0.6) is 0 Å². The molecule has 12 heteroatoms. The Balaban J connectivity index is 0.000000380. The van der Waals surface area contributed by atoms with E-state index in [1.807, 2.05) is 6.92 Å². The summed E-state index contributed by atoms with van der Waals surface area (Å²) in [5.74, 6) is 0. The van der Waals surface area contributed by atoms with Crippen molar-refractivity contribution < 1.29 is 23.1 Å². The number of amides is 1. The van der Waals surface area contributed by atoms with Crippen molar-refractivity contribution in [2.24, 2.45) is 5.73 Å². The molecule has 1 saturated heterocycles. The van der Waals surface area contributed by atoms with E-state index in [1.165, 1.54) is 23.6 Å². The summed E-state index contributed by atoms with van der Waals surface area (Å²) in [6.07, 6.45) is -0.181. The normalized spacial score (nSPS) is 15.7. The summed E-state index contributed by atoms with van der Waals surface area (Å²) >= 11 is 6.18. The molecule has 0 saturated carbocycles. The molecule has 3 rings (SSSR count). The summed E-state index contributed by atoms with van der Waals surface area (Å²) in [6, 6.07) is 3.22. The molecule has 0 aliphatic carbocycles. The van der Waals surface area contributed by atoms with Gasteiger partial charge in [0.25, 0.3) is 0 Å². The van der Waals surface area contributed by atoms with Gasteiger partial charge in [0, 0.05) is 26.9 Å². The van der Waals surface area contributed by atoms with Crippen LogP contribution in [0.4, 0.5) is 18.3 Å². The van der Waals surface area contributed by atoms with Gasteiger partial charge in [0.2, 0.25) is 6.41 Å². The van der Waals surface area contributed by atoms with Crippen molar-refractivity contribution in [3.63, 3.8) is 0 Å². The number of aliphatic hydroxyl groups excluding tert-OH is 1. The summed E-state index contributed by atoms with van der Waals surface area (Å²) in [5.41, 5.74) is 4.89. The fraction of sp³-hybridized carbons (Fsp3) is 0.524. The maximum absolute atomic E-state index is 13.1. The number of hydrogen-bond acceptors (Lipinski definition) is 7. The lowest BCUT2D eigenvalue weighted by atomic mass is 9.87. The highest BCUT2D eigenvalue weighted by Gasteiger charge is 2.49. The monoisotopic (exact) mass is 505 g/mol. The second-order valence-electron chi connectivity index (χ2n) is 7.64. The molecule has 2 aromatic rings. The summed E-state index contributed by atoms with van der Waals surface area (Å²) in [6.45, 7) is 4.91. The summed E-state index contributed by atoms with van der Waals surface area (Å²) in [5, 5.41) is 10.7. The minimum Gasteiger partial charge on any atom is -0.400 e. The van der Waals surface area contributed by atoms with Crippen LogP contribution in [0, 0.1) is 6.92 Å². The molecule has 7 nitrogen and oxygen atoms in total. The van der Waals surface area contributed by atoms with Crippen molar-refractivity contribution in [3.05, 3.63) is 29.7 Å². The summed E-state index contributed by atoms with van der Waals surface area (Å²) in [4.78, 5) is 21.5. The molecule has 0 bridgehead atoms. The van der Waals surface area contributed by atoms with Crippen molar-refractivity contribution in [2.75, 3.05) is 26.0 Å². The van der Waals surface area contributed by atoms with Crippen LogP contribution in [0.3, 0.4) is 0 Å². The zero-order valence-corrected chi connectivity index (χ0v) is 20.9. The number of halogens is 3. The highest BCUT2D eigenvalue weighted by molar-refractivity contribution is 7.80. The predicted molar refractivity (Wildman–Crippen MR) is 129 cm³/mol. The number of nitrogens with one attached hydrogen (secondary N) is 1. The molecule has 33 heavy (non-hydrogen) atoms. The maximum Gasteiger partial charge on any atom is 0.399 e. The lowest BCUT2D eigenvalue weighted by Gasteiger charge is -2.27. The number of hydrogen-bond donors (Lipinski definition) is 3. The van der Waals surface area contributed by atoms with Gasteiger partial charge in [-0.15, -0.1) is 0 Å². The average molecular weight is 506 g/mol. The van der Waals surface area contributed by atoms with Crippen LogP contribution in [-0.2, 0) is 10.2 Å². The van der Waals surface area contributed by atoms with E-state index in [4.69, 9.17) is 23.1 Å². The van der Waals surface area contributed by atoms with Gasteiger partial charge in [-0.1, -0.05) is 23.6 Å². The van der Waals surface area contributed by atoms with Crippen molar-refractivity contribution in [1.82, 2.24) is 14.9 Å². The minimum absolute atomic E-state index is 0.00584. The Hall–Kier alpha value is -2.31. The average Bonchev–Trinajstić information content (AvgIpc) is 3.41. The molecule has 1 atom stereocenters. The first-order valence-electron chi connectivity index (χ1n) is 10.1. The van der Waals surface area contributed by atoms with E-state index in [2.05, 4.69) is 15.3 Å². The van der Waals surface area contributed by atoms with E-state index < -0.39 is 11.6 Å². The second-order valence-corrected chi connectivity index (χ2v) is 9.11. The number of aliphatic hydroxyl groups is 1. The molecule has 0 spiro atoms. The van der Waals surface area contributed by atoms with Gasteiger partial charge < -0.3 is 21.1 Å². The quantitative estimate of drug-likeness (QED) is 0.418. The van der Waals surface area contributed by atoms with E-state index in [9.17, 15) is 18.0 Å². The topological polar surface area (TPSA) is 104 Å². The van der Waals surface area contributed by atoms with Crippen LogP contribution in [0.15, 0.2) is 18.3 Å². The van der Waals surface area contributed by atoms with Gasteiger partial charge in [-0.3, -0.25) is 9.78 Å². The Bertz CT molecular complexity index is 935. The number of pyridine rings is 1. The van der Waals surface area contributed by atoms with Crippen molar-refractivity contribution in [2.45, 2.75) is 51.2 Å². The number of carbonyl (C=O) groups excluding carboxylic acids is 1. The fourth-order valence-corrected chi connectivity index (χ4v) is 4.22. The molecular formula is C21H30F3N5O2S2. The van der Waals surface area contributed by atoms with Crippen LogP contribution < -0.4 is 11.1 Å². The summed E-state index contributed by atoms with van der Waals surface area (Å²) in [7, 11) is 2.76. The predicted octanol–water partition coefficient (Wildman–Crippen LogP) is 3.90. The van der Waals surface area contributed by atoms with E-state index in [1.54, 1.807) is 18.0 Å². The first-order chi connectivity index (χ1) is 15.4. The minimum atomic E-state index is -4.35. The van der Waals surface area contributed by atoms with Crippen LogP contribution in [0.1, 0.15) is 38.1 Å². The number of carbonyl (C=O) groups is 1. The third-order valence-corrected chi connectivity index (χ3v) is 6.64. The molecule has 1 aliphatic rings. The molecule has 3 heterocycles. The molecule has 1 amide bonds. The highest BCUT2D eigenvalue weighted by atomic mass is 32.1. The van der Waals surface area contributed by atoms with Crippen LogP contribution in [0.25, 0.3) is 10.4 Å². The Morgan fingerprint density at radius 3 is 2.48 bits per heavy atom. The third-order valence-electron chi connectivity index (χ3n) is 5.14. The van der Waals surface area contributed by atoms with Gasteiger partial charge in [0.1, 0.15) is 5.41 Å². The number of thiazole rings is 1. The Morgan fingerprint density at radius 1 is 1.39 bits per heavy atom. The number of nitrogens with zero attached hydrogens (tertiary/aromatic N) is 3. The second kappa shape index (κ2) is 12.2. The molecular weight excluding hydrogens is 475 g/mol. The van der Waals surface area contributed by atoms with E-state index in [0.717, 1.165) is 62.5 Å². The molecule has 1 fully saturated rings. The fourth-order valence-electron chi connectivity index (χ4n) is 3.05. The molecule has 2 aromatic heterocycles. The molecule has 1 unspecified atom stereocenters. The number of anilines is 1. The molecule has 184 valence electrons. The van der Waals surface area contributed by atoms with Gasteiger partial charge in [-0.05, 0) is 51.3 Å². The molecule has 1 aliphatic heterocycles. The van der Waals surface area contributed by atoms with Gasteiger partial charge in [0.05, 0.1) is 27.3 Å². The zero-order valence-electron chi connectivity index (χ0n) is 19.2. The van der Waals surface area contributed by atoms with Crippen molar-refractivity contribution >= 4 is 40.1 Å². The van der Waals surface area contributed by atoms with E-state index >= 15 is 0 Å². The molecule has 0 radical (unpaired) electrons. The first kappa shape index (κ1) is 28.7. The molecule has 0 aromatic carbocycles. The van der Waals surface area contributed by atoms with Gasteiger partial charge >= 0.3 is 6.18 Å². The van der Waals surface area contributed by atoms with Crippen LogP contribution in [-0.4, -0.2) is 64.3 Å². The third kappa shape index (κ3) is 7.08. The summed E-state index contributed by atoms with van der Waals surface area (Å²) < 4.78 is 39.4.